The fourth-order valence-corrected chi connectivity index (χ4v) is 4.10. The van der Waals surface area contributed by atoms with Gasteiger partial charge in [-0.05, 0) is 77.4 Å². The molecule has 0 aromatic carbocycles. The zero-order chi connectivity index (χ0) is 21.0. The molecule has 0 bridgehead atoms. The monoisotopic (exact) mass is 407 g/mol. The van der Waals surface area contributed by atoms with Crippen molar-refractivity contribution in [1.82, 2.24) is 4.90 Å². The summed E-state index contributed by atoms with van der Waals surface area (Å²) in [6.07, 6.45) is 25.6. The van der Waals surface area contributed by atoms with Crippen LogP contribution in [0.25, 0.3) is 0 Å². The highest BCUT2D eigenvalue weighted by atomic mass is 16.5. The third-order valence-corrected chi connectivity index (χ3v) is 6.27. The van der Waals surface area contributed by atoms with Crippen LogP contribution in [0.3, 0.4) is 0 Å². The molecule has 0 radical (unpaired) electrons. The van der Waals surface area contributed by atoms with Gasteiger partial charge in [0.05, 0.1) is 6.61 Å². The molecule has 0 spiro atoms. The molecule has 170 valence electrons. The number of ether oxygens (including phenoxy) is 1. The van der Waals surface area contributed by atoms with Crippen molar-refractivity contribution in [3.05, 3.63) is 12.2 Å². The lowest BCUT2D eigenvalue weighted by molar-refractivity contribution is -0.144. The highest BCUT2D eigenvalue weighted by Gasteiger charge is 2.16. The topological polar surface area (TPSA) is 29.5 Å². The fourth-order valence-electron chi connectivity index (χ4n) is 4.10. The van der Waals surface area contributed by atoms with Gasteiger partial charge in [-0.3, -0.25) is 4.79 Å². The van der Waals surface area contributed by atoms with Crippen LogP contribution in [0.4, 0.5) is 0 Å². The molecule has 0 unspecified atom stereocenters. The van der Waals surface area contributed by atoms with E-state index >= 15 is 0 Å². The fraction of sp³-hybridized carbons (Fsp3) is 0.885. The molecule has 1 rings (SSSR count). The normalized spacial score (nSPS) is 15.9. The maximum Gasteiger partial charge on any atom is 0.305 e. The molecule has 0 atom stereocenters. The first-order valence-corrected chi connectivity index (χ1v) is 12.7. The van der Waals surface area contributed by atoms with Crippen LogP contribution in [0.5, 0.6) is 0 Å². The summed E-state index contributed by atoms with van der Waals surface area (Å²) in [5.41, 5.74) is 0. The molecule has 29 heavy (non-hydrogen) atoms. The van der Waals surface area contributed by atoms with E-state index in [4.69, 9.17) is 4.74 Å². The number of carbonyl (C=O) groups excluding carboxylic acids is 1. The number of allylic oxidation sites excluding steroid dienone is 2. The molecular weight excluding hydrogens is 358 g/mol. The van der Waals surface area contributed by atoms with Gasteiger partial charge in [0.25, 0.3) is 0 Å². The number of hydrogen-bond donors (Lipinski definition) is 0. The maximum absolute atomic E-state index is 11.8. The Balaban J connectivity index is 1.78. The Bertz CT molecular complexity index is 400. The Hall–Kier alpha value is -0.830. The Morgan fingerprint density at radius 3 is 2.03 bits per heavy atom. The summed E-state index contributed by atoms with van der Waals surface area (Å²) >= 11 is 0. The van der Waals surface area contributed by atoms with Gasteiger partial charge in [-0.2, -0.15) is 0 Å². The first-order chi connectivity index (χ1) is 14.2. The first-order valence-electron chi connectivity index (χ1n) is 12.7. The van der Waals surface area contributed by atoms with E-state index in [0.717, 1.165) is 25.2 Å². The van der Waals surface area contributed by atoms with Gasteiger partial charge in [0.2, 0.25) is 0 Å². The quantitative estimate of drug-likeness (QED) is 0.136. The summed E-state index contributed by atoms with van der Waals surface area (Å²) in [6, 6.07) is 0. The molecular formula is C26H49NO2. The number of piperidine rings is 1. The first kappa shape index (κ1) is 26.2. The molecule has 3 heteroatoms. The molecule has 1 heterocycles. The molecule has 0 aromatic rings. The highest BCUT2D eigenvalue weighted by Crippen LogP contribution is 2.19. The van der Waals surface area contributed by atoms with Crippen molar-refractivity contribution in [3.63, 3.8) is 0 Å². The molecule has 1 aliphatic rings. The average Bonchev–Trinajstić information content (AvgIpc) is 2.72. The lowest BCUT2D eigenvalue weighted by Crippen LogP contribution is -2.30. The Kier molecular flexibility index (Phi) is 17.3. The van der Waals surface area contributed by atoms with Gasteiger partial charge < -0.3 is 9.64 Å². The van der Waals surface area contributed by atoms with Crippen molar-refractivity contribution in [2.24, 2.45) is 5.92 Å². The lowest BCUT2D eigenvalue weighted by atomic mass is 9.94. The summed E-state index contributed by atoms with van der Waals surface area (Å²) in [5.74, 6) is 0.759. The van der Waals surface area contributed by atoms with Crippen LogP contribution in [-0.2, 0) is 9.53 Å². The van der Waals surface area contributed by atoms with E-state index in [1.165, 1.54) is 96.6 Å². The summed E-state index contributed by atoms with van der Waals surface area (Å²) < 4.78 is 5.43. The molecule has 0 N–H and O–H groups in total. The van der Waals surface area contributed by atoms with Crippen molar-refractivity contribution in [2.45, 2.75) is 116 Å². The lowest BCUT2D eigenvalue weighted by Gasteiger charge is -2.28. The van der Waals surface area contributed by atoms with Crippen LogP contribution in [0, 0.1) is 5.92 Å². The van der Waals surface area contributed by atoms with Gasteiger partial charge >= 0.3 is 5.97 Å². The van der Waals surface area contributed by atoms with Gasteiger partial charge in [-0.25, -0.2) is 0 Å². The second kappa shape index (κ2) is 19.2. The number of rotatable bonds is 18. The van der Waals surface area contributed by atoms with E-state index in [1.807, 2.05) is 0 Å². The Labute approximate surface area is 181 Å². The van der Waals surface area contributed by atoms with Crippen LogP contribution in [0.2, 0.25) is 0 Å². The van der Waals surface area contributed by atoms with Crippen LogP contribution < -0.4 is 0 Å². The van der Waals surface area contributed by atoms with Gasteiger partial charge in [0.15, 0.2) is 0 Å². The zero-order valence-electron chi connectivity index (χ0n) is 19.6. The van der Waals surface area contributed by atoms with E-state index in [0.29, 0.717) is 13.0 Å². The van der Waals surface area contributed by atoms with Crippen molar-refractivity contribution < 1.29 is 9.53 Å². The molecule has 0 aromatic heterocycles. The minimum Gasteiger partial charge on any atom is -0.466 e. The standard InChI is InChI=1S/C26H49NO2/c1-3-4-5-6-7-8-9-10-11-12-13-14-15-16-17-18-26(28)29-24-21-25-19-22-27(2)23-20-25/h10-11,25H,3-9,12-24H2,1-2H3. The number of nitrogens with zero attached hydrogens (tertiary/aromatic N) is 1. The molecule has 3 nitrogen and oxygen atoms in total. The number of likely N-dealkylation sites (tertiary alicyclic amines) is 1. The predicted octanol–water partition coefficient (Wildman–Crippen LogP) is 7.30. The van der Waals surface area contributed by atoms with Gasteiger partial charge in [-0.1, -0.05) is 70.4 Å². The number of carbonyl (C=O) groups is 1. The van der Waals surface area contributed by atoms with Crippen LogP contribution in [-0.4, -0.2) is 37.6 Å². The largest absolute Gasteiger partial charge is 0.466 e. The molecule has 1 aliphatic heterocycles. The van der Waals surface area contributed by atoms with E-state index in [1.54, 1.807) is 0 Å². The van der Waals surface area contributed by atoms with Gasteiger partial charge in [0, 0.05) is 6.42 Å². The van der Waals surface area contributed by atoms with E-state index in [2.05, 4.69) is 31.0 Å². The van der Waals surface area contributed by atoms with Crippen molar-refractivity contribution in [3.8, 4) is 0 Å². The number of hydrogen-bond acceptors (Lipinski definition) is 3. The van der Waals surface area contributed by atoms with Crippen LogP contribution >= 0.6 is 0 Å². The van der Waals surface area contributed by atoms with Crippen LogP contribution in [0.15, 0.2) is 12.2 Å². The minimum absolute atomic E-state index is 0.00977. The zero-order valence-corrected chi connectivity index (χ0v) is 19.6. The minimum atomic E-state index is 0.00977. The summed E-state index contributed by atoms with van der Waals surface area (Å²) in [7, 11) is 2.18. The predicted molar refractivity (Wildman–Crippen MR) is 125 cm³/mol. The average molecular weight is 408 g/mol. The van der Waals surface area contributed by atoms with Gasteiger partial charge in [-0.15, -0.1) is 0 Å². The van der Waals surface area contributed by atoms with Crippen molar-refractivity contribution in [2.75, 3.05) is 26.7 Å². The molecule has 1 saturated heterocycles. The van der Waals surface area contributed by atoms with E-state index < -0.39 is 0 Å². The van der Waals surface area contributed by atoms with E-state index in [-0.39, 0.29) is 5.97 Å². The van der Waals surface area contributed by atoms with Crippen molar-refractivity contribution in [1.29, 1.82) is 0 Å². The summed E-state index contributed by atoms with van der Waals surface area (Å²) in [4.78, 5) is 14.2. The second-order valence-electron chi connectivity index (χ2n) is 9.09. The Morgan fingerprint density at radius 1 is 0.862 bits per heavy atom. The van der Waals surface area contributed by atoms with Crippen LogP contribution in [0.1, 0.15) is 116 Å². The smallest absolute Gasteiger partial charge is 0.305 e. The summed E-state index contributed by atoms with van der Waals surface area (Å²) in [5, 5.41) is 0. The molecule has 0 amide bonds. The number of unbranched alkanes of at least 4 members (excludes halogenated alkanes) is 11. The third-order valence-electron chi connectivity index (χ3n) is 6.27. The number of esters is 1. The highest BCUT2D eigenvalue weighted by molar-refractivity contribution is 5.69. The second-order valence-corrected chi connectivity index (χ2v) is 9.09. The van der Waals surface area contributed by atoms with E-state index in [9.17, 15) is 4.79 Å². The molecule has 0 aliphatic carbocycles. The molecule has 1 fully saturated rings. The summed E-state index contributed by atoms with van der Waals surface area (Å²) in [6.45, 7) is 5.27. The van der Waals surface area contributed by atoms with Gasteiger partial charge in [0.1, 0.15) is 0 Å². The van der Waals surface area contributed by atoms with Crippen molar-refractivity contribution >= 4 is 5.97 Å². The third kappa shape index (κ3) is 16.6. The molecule has 0 saturated carbocycles. The maximum atomic E-state index is 11.8. The SMILES string of the molecule is CCCCCCCCC=CCCCCCCCC(=O)OCCC1CCN(C)CC1. The Morgan fingerprint density at radius 2 is 1.41 bits per heavy atom.